The lowest BCUT2D eigenvalue weighted by Gasteiger charge is -2.23. The van der Waals surface area contributed by atoms with Crippen molar-refractivity contribution in [1.82, 2.24) is 0 Å². The molecule has 0 aliphatic rings. The number of unbranched alkanes of at least 4 members (excludes halogenated alkanes) is 1. The van der Waals surface area contributed by atoms with E-state index in [1.165, 1.54) is 0 Å². The molecule has 0 aromatic heterocycles. The van der Waals surface area contributed by atoms with Crippen LogP contribution in [-0.4, -0.2) is 21.9 Å². The Bertz CT molecular complexity index is 140. The van der Waals surface area contributed by atoms with E-state index < -0.39 is 11.6 Å². The monoisotopic (exact) mass is 176 g/mol. The number of carboxylic acids is 1. The van der Waals surface area contributed by atoms with Crippen molar-refractivity contribution in [1.29, 1.82) is 0 Å². The molecule has 2 N–H and O–H groups in total. The van der Waals surface area contributed by atoms with Crippen molar-refractivity contribution in [2.24, 2.45) is 0 Å². The molecular weight excluding hydrogens is 160 g/mol. The molecule has 0 heterocycles. The van der Waals surface area contributed by atoms with E-state index in [4.69, 9.17) is 10.4 Å². The second kappa shape index (κ2) is 5.11. The maximum Gasteiger partial charge on any atom is 0.339 e. The molecule has 0 aromatic rings. The summed E-state index contributed by atoms with van der Waals surface area (Å²) in [5.41, 5.74) is -1.39. The van der Waals surface area contributed by atoms with Gasteiger partial charge in [0.2, 0.25) is 0 Å². The second-order valence-electron chi connectivity index (χ2n) is 2.85. The van der Waals surface area contributed by atoms with E-state index in [0.29, 0.717) is 6.42 Å². The van der Waals surface area contributed by atoms with Crippen LogP contribution in [0.2, 0.25) is 0 Å². The third-order valence-corrected chi connectivity index (χ3v) is 2.07. The lowest BCUT2D eigenvalue weighted by molar-refractivity contribution is -0.319. The Kier molecular flexibility index (Phi) is 4.85. The third kappa shape index (κ3) is 2.46. The van der Waals surface area contributed by atoms with Gasteiger partial charge in [0.25, 0.3) is 0 Å². The van der Waals surface area contributed by atoms with Crippen LogP contribution < -0.4 is 0 Å². The van der Waals surface area contributed by atoms with Crippen molar-refractivity contribution in [2.75, 3.05) is 0 Å². The molecule has 0 fully saturated rings. The van der Waals surface area contributed by atoms with E-state index in [1.54, 1.807) is 6.92 Å². The van der Waals surface area contributed by atoms with Crippen LogP contribution in [-0.2, 0) is 9.68 Å². The summed E-state index contributed by atoms with van der Waals surface area (Å²) in [6, 6.07) is 0. The first-order valence-electron chi connectivity index (χ1n) is 4.19. The highest BCUT2D eigenvalue weighted by molar-refractivity contribution is 5.77. The number of aliphatic carboxylic acids is 1. The van der Waals surface area contributed by atoms with Crippen molar-refractivity contribution in [2.45, 2.75) is 45.1 Å². The molecule has 4 nitrogen and oxygen atoms in total. The number of hydrogen-bond acceptors (Lipinski definition) is 3. The first-order chi connectivity index (χ1) is 5.63. The molecule has 0 bridgehead atoms. The fourth-order valence-electron chi connectivity index (χ4n) is 1.05. The predicted molar refractivity (Wildman–Crippen MR) is 43.9 cm³/mol. The Labute approximate surface area is 72.1 Å². The van der Waals surface area contributed by atoms with Gasteiger partial charge in [-0.2, -0.15) is 0 Å². The number of carbonyl (C=O) groups is 1. The van der Waals surface area contributed by atoms with Crippen molar-refractivity contribution in [3.63, 3.8) is 0 Å². The summed E-state index contributed by atoms with van der Waals surface area (Å²) in [5, 5.41) is 17.3. The van der Waals surface area contributed by atoms with Crippen molar-refractivity contribution >= 4 is 5.97 Å². The van der Waals surface area contributed by atoms with Gasteiger partial charge < -0.3 is 5.11 Å². The molecule has 0 rings (SSSR count). The minimum absolute atomic E-state index is 0.277. The Morgan fingerprint density at radius 1 is 1.50 bits per heavy atom. The highest BCUT2D eigenvalue weighted by atomic mass is 17.1. The molecule has 0 aliphatic heterocycles. The summed E-state index contributed by atoms with van der Waals surface area (Å²) in [5.74, 6) is -1.10. The van der Waals surface area contributed by atoms with Gasteiger partial charge >= 0.3 is 5.97 Å². The molecule has 4 heteroatoms. The van der Waals surface area contributed by atoms with Crippen molar-refractivity contribution in [3.8, 4) is 0 Å². The highest BCUT2D eigenvalue weighted by Crippen LogP contribution is 2.22. The molecular formula is C8H16O4. The maximum atomic E-state index is 10.7. The average molecular weight is 176 g/mol. The zero-order valence-electron chi connectivity index (χ0n) is 7.54. The maximum absolute atomic E-state index is 10.7. The Hall–Kier alpha value is -0.610. The first kappa shape index (κ1) is 11.4. The Morgan fingerprint density at radius 2 is 2.08 bits per heavy atom. The number of hydrogen-bond donors (Lipinski definition) is 2. The van der Waals surface area contributed by atoms with E-state index >= 15 is 0 Å². The van der Waals surface area contributed by atoms with Crippen LogP contribution in [0.1, 0.15) is 39.5 Å². The fourth-order valence-corrected chi connectivity index (χ4v) is 1.05. The van der Waals surface area contributed by atoms with Crippen LogP contribution in [0.3, 0.4) is 0 Å². The molecule has 0 aliphatic carbocycles. The highest BCUT2D eigenvalue weighted by Gasteiger charge is 2.37. The van der Waals surface area contributed by atoms with E-state index in [-0.39, 0.29) is 6.42 Å². The van der Waals surface area contributed by atoms with Crippen LogP contribution in [0.25, 0.3) is 0 Å². The molecule has 72 valence electrons. The lowest BCUT2D eigenvalue weighted by Crippen LogP contribution is -2.40. The van der Waals surface area contributed by atoms with Gasteiger partial charge in [0.05, 0.1) is 0 Å². The van der Waals surface area contributed by atoms with Crippen molar-refractivity contribution < 1.29 is 20.0 Å². The fraction of sp³-hybridized carbons (Fsp3) is 0.875. The van der Waals surface area contributed by atoms with Gasteiger partial charge in [-0.25, -0.2) is 9.68 Å². The smallest absolute Gasteiger partial charge is 0.339 e. The van der Waals surface area contributed by atoms with E-state index in [9.17, 15) is 4.79 Å². The number of rotatable bonds is 6. The summed E-state index contributed by atoms with van der Waals surface area (Å²) >= 11 is 0. The molecule has 1 unspecified atom stereocenters. The van der Waals surface area contributed by atoms with Gasteiger partial charge in [0.15, 0.2) is 5.60 Å². The minimum Gasteiger partial charge on any atom is -0.479 e. The Balaban J connectivity index is 4.25. The number of carboxylic acid groups (broad SMARTS) is 1. The molecule has 0 amide bonds. The third-order valence-electron chi connectivity index (χ3n) is 2.07. The van der Waals surface area contributed by atoms with Gasteiger partial charge in [-0.15, -0.1) is 0 Å². The summed E-state index contributed by atoms with van der Waals surface area (Å²) in [4.78, 5) is 14.8. The summed E-state index contributed by atoms with van der Waals surface area (Å²) in [6.45, 7) is 3.64. The van der Waals surface area contributed by atoms with E-state index in [2.05, 4.69) is 4.89 Å². The minimum atomic E-state index is -1.39. The zero-order valence-corrected chi connectivity index (χ0v) is 7.54. The van der Waals surface area contributed by atoms with Crippen LogP contribution >= 0.6 is 0 Å². The molecule has 0 saturated carbocycles. The Morgan fingerprint density at radius 3 is 2.33 bits per heavy atom. The SMILES string of the molecule is CCCCC(CC)(OO)C(=O)O. The van der Waals surface area contributed by atoms with Crippen LogP contribution in [0.15, 0.2) is 0 Å². The molecule has 0 radical (unpaired) electrons. The van der Waals surface area contributed by atoms with Crippen LogP contribution in [0.4, 0.5) is 0 Å². The molecule has 12 heavy (non-hydrogen) atoms. The van der Waals surface area contributed by atoms with Crippen LogP contribution in [0.5, 0.6) is 0 Å². The topological polar surface area (TPSA) is 66.8 Å². The second-order valence-corrected chi connectivity index (χ2v) is 2.85. The summed E-state index contributed by atoms with van der Waals surface area (Å²) in [6.07, 6.45) is 2.25. The largest absolute Gasteiger partial charge is 0.479 e. The zero-order chi connectivity index (χ0) is 9.61. The van der Waals surface area contributed by atoms with Crippen LogP contribution in [0, 0.1) is 0 Å². The van der Waals surface area contributed by atoms with E-state index in [1.807, 2.05) is 6.92 Å². The molecule has 0 aromatic carbocycles. The summed E-state index contributed by atoms with van der Waals surface area (Å²) < 4.78 is 0. The van der Waals surface area contributed by atoms with Gasteiger partial charge in [-0.05, 0) is 12.8 Å². The van der Waals surface area contributed by atoms with Crippen molar-refractivity contribution in [3.05, 3.63) is 0 Å². The van der Waals surface area contributed by atoms with Gasteiger partial charge in [0, 0.05) is 0 Å². The predicted octanol–water partition coefficient (Wildman–Crippen LogP) is 1.90. The molecule has 0 spiro atoms. The van der Waals surface area contributed by atoms with Gasteiger partial charge in [0.1, 0.15) is 0 Å². The summed E-state index contributed by atoms with van der Waals surface area (Å²) in [7, 11) is 0. The lowest BCUT2D eigenvalue weighted by atomic mass is 9.94. The van der Waals surface area contributed by atoms with Gasteiger partial charge in [-0.1, -0.05) is 26.7 Å². The molecule has 0 saturated heterocycles. The van der Waals surface area contributed by atoms with E-state index in [0.717, 1.165) is 12.8 Å². The molecule has 1 atom stereocenters. The normalized spacial score (nSPS) is 15.6. The van der Waals surface area contributed by atoms with Gasteiger partial charge in [-0.3, -0.25) is 5.26 Å². The quantitative estimate of drug-likeness (QED) is 0.479. The standard InChI is InChI=1S/C8H16O4/c1-3-5-6-8(4-2,12-11)7(9)10/h11H,3-6H2,1-2H3,(H,9,10). The average Bonchev–Trinajstić information content (AvgIpc) is 2.07. The first-order valence-corrected chi connectivity index (χ1v) is 4.19.